The minimum atomic E-state index is 0.656. The monoisotopic (exact) mass is 363 g/mol. The molecule has 3 rings (SSSR count). The van der Waals surface area contributed by atoms with E-state index in [1.165, 1.54) is 5.56 Å². The Labute approximate surface area is 144 Å². The fraction of sp³-hybridized carbons (Fsp3) is 0.0526. The molecule has 1 heterocycles. The van der Waals surface area contributed by atoms with E-state index in [0.717, 1.165) is 22.4 Å². The molecule has 3 nitrogen and oxygen atoms in total. The first kappa shape index (κ1) is 15.3. The van der Waals surface area contributed by atoms with E-state index in [1.807, 2.05) is 54.7 Å². The molecule has 112 valence electrons. The van der Waals surface area contributed by atoms with Crippen molar-refractivity contribution in [2.45, 2.75) is 6.54 Å². The first-order chi connectivity index (χ1) is 11.3. The van der Waals surface area contributed by atoms with Gasteiger partial charge in [0.2, 0.25) is 0 Å². The molecule has 0 unspecified atom stereocenters. The van der Waals surface area contributed by atoms with Crippen LogP contribution in [0, 0.1) is 11.3 Å². The van der Waals surface area contributed by atoms with Gasteiger partial charge in [0.1, 0.15) is 0 Å². The molecule has 0 saturated heterocycles. The zero-order chi connectivity index (χ0) is 16.1. The average molecular weight is 364 g/mol. The fourth-order valence-corrected chi connectivity index (χ4v) is 2.60. The van der Waals surface area contributed by atoms with Gasteiger partial charge < -0.3 is 4.90 Å². The van der Waals surface area contributed by atoms with E-state index in [0.29, 0.717) is 5.56 Å². The summed E-state index contributed by atoms with van der Waals surface area (Å²) in [5.41, 5.74) is 3.89. The second-order valence-electron chi connectivity index (χ2n) is 5.08. The molecule has 0 radical (unpaired) electrons. The Morgan fingerprint density at radius 3 is 2.30 bits per heavy atom. The predicted molar refractivity (Wildman–Crippen MR) is 95.4 cm³/mol. The molecule has 0 atom stereocenters. The molecule has 0 saturated carbocycles. The minimum absolute atomic E-state index is 0.656. The van der Waals surface area contributed by atoms with Crippen molar-refractivity contribution in [3.8, 4) is 6.07 Å². The Morgan fingerprint density at radius 2 is 1.70 bits per heavy atom. The van der Waals surface area contributed by atoms with Crippen LogP contribution in [0.1, 0.15) is 11.1 Å². The highest BCUT2D eigenvalue weighted by atomic mass is 79.9. The summed E-state index contributed by atoms with van der Waals surface area (Å²) in [7, 11) is 0. The Balaban J connectivity index is 1.96. The van der Waals surface area contributed by atoms with Gasteiger partial charge in [-0.1, -0.05) is 28.1 Å². The summed E-state index contributed by atoms with van der Waals surface area (Å²) < 4.78 is 1.06. The van der Waals surface area contributed by atoms with E-state index < -0.39 is 0 Å². The summed E-state index contributed by atoms with van der Waals surface area (Å²) in [6.07, 6.45) is 3.61. The maximum atomic E-state index is 8.97. The van der Waals surface area contributed by atoms with Crippen LogP contribution < -0.4 is 4.90 Å². The smallest absolute Gasteiger partial charge is 0.0991 e. The van der Waals surface area contributed by atoms with Crippen molar-refractivity contribution >= 4 is 27.3 Å². The highest BCUT2D eigenvalue weighted by molar-refractivity contribution is 9.10. The van der Waals surface area contributed by atoms with Gasteiger partial charge in [0.15, 0.2) is 0 Å². The maximum absolute atomic E-state index is 8.97. The first-order valence-electron chi connectivity index (χ1n) is 7.18. The number of pyridine rings is 1. The van der Waals surface area contributed by atoms with Crippen LogP contribution in [0.3, 0.4) is 0 Å². The van der Waals surface area contributed by atoms with Gasteiger partial charge in [0.25, 0.3) is 0 Å². The van der Waals surface area contributed by atoms with Gasteiger partial charge in [-0.2, -0.15) is 5.26 Å². The van der Waals surface area contributed by atoms with Crippen molar-refractivity contribution in [2.24, 2.45) is 0 Å². The van der Waals surface area contributed by atoms with Gasteiger partial charge in [-0.3, -0.25) is 4.98 Å². The van der Waals surface area contributed by atoms with Crippen LogP contribution in [0.5, 0.6) is 0 Å². The standard InChI is InChI=1S/C19H14BrN3/c20-17-7-3-16(4-8-17)14-23(19-2-1-11-22-13-19)18-9-5-15(12-21)6-10-18/h1-11,13H,14H2. The molecule has 0 spiro atoms. The molecule has 23 heavy (non-hydrogen) atoms. The van der Waals surface area contributed by atoms with E-state index in [-0.39, 0.29) is 0 Å². The van der Waals surface area contributed by atoms with Gasteiger partial charge in [-0.15, -0.1) is 0 Å². The summed E-state index contributed by atoms with van der Waals surface area (Å²) in [5, 5.41) is 8.97. The van der Waals surface area contributed by atoms with Gasteiger partial charge in [-0.25, -0.2) is 0 Å². The largest absolute Gasteiger partial charge is 0.336 e. The molecule has 0 aliphatic rings. The molecule has 0 aliphatic carbocycles. The lowest BCUT2D eigenvalue weighted by molar-refractivity contribution is 0.968. The maximum Gasteiger partial charge on any atom is 0.0991 e. The number of hydrogen-bond donors (Lipinski definition) is 0. The SMILES string of the molecule is N#Cc1ccc(N(Cc2ccc(Br)cc2)c2cccnc2)cc1. The van der Waals surface area contributed by atoms with Crippen LogP contribution in [0.25, 0.3) is 0 Å². The lowest BCUT2D eigenvalue weighted by Gasteiger charge is -2.25. The second kappa shape index (κ2) is 7.08. The van der Waals surface area contributed by atoms with Crippen molar-refractivity contribution in [1.29, 1.82) is 5.26 Å². The lowest BCUT2D eigenvalue weighted by atomic mass is 10.1. The number of nitriles is 1. The molecule has 1 aromatic heterocycles. The number of hydrogen-bond acceptors (Lipinski definition) is 3. The Bertz CT molecular complexity index is 806. The molecule has 0 aliphatic heterocycles. The zero-order valence-corrected chi connectivity index (χ0v) is 13.9. The Morgan fingerprint density at radius 1 is 0.957 bits per heavy atom. The van der Waals surface area contributed by atoms with Crippen LogP contribution in [-0.4, -0.2) is 4.98 Å². The number of aromatic nitrogens is 1. The highest BCUT2D eigenvalue weighted by Crippen LogP contribution is 2.27. The second-order valence-corrected chi connectivity index (χ2v) is 6.00. The van der Waals surface area contributed by atoms with E-state index in [9.17, 15) is 0 Å². The molecule has 2 aromatic carbocycles. The van der Waals surface area contributed by atoms with Crippen LogP contribution in [0.4, 0.5) is 11.4 Å². The zero-order valence-electron chi connectivity index (χ0n) is 12.4. The Kier molecular flexibility index (Phi) is 4.70. The highest BCUT2D eigenvalue weighted by Gasteiger charge is 2.10. The summed E-state index contributed by atoms with van der Waals surface area (Å²) in [4.78, 5) is 6.40. The van der Waals surface area contributed by atoms with Gasteiger partial charge >= 0.3 is 0 Å². The molecule has 0 amide bonds. The van der Waals surface area contributed by atoms with E-state index in [1.54, 1.807) is 6.20 Å². The first-order valence-corrected chi connectivity index (χ1v) is 7.98. The topological polar surface area (TPSA) is 39.9 Å². The number of anilines is 2. The third-order valence-electron chi connectivity index (χ3n) is 3.52. The molecule has 3 aromatic rings. The van der Waals surface area contributed by atoms with E-state index >= 15 is 0 Å². The van der Waals surface area contributed by atoms with Crippen molar-refractivity contribution < 1.29 is 0 Å². The summed E-state index contributed by atoms with van der Waals surface area (Å²) >= 11 is 3.46. The van der Waals surface area contributed by atoms with Gasteiger partial charge in [0, 0.05) is 22.9 Å². The minimum Gasteiger partial charge on any atom is -0.336 e. The number of benzene rings is 2. The van der Waals surface area contributed by atoms with Crippen molar-refractivity contribution in [3.63, 3.8) is 0 Å². The van der Waals surface area contributed by atoms with Crippen LogP contribution >= 0.6 is 15.9 Å². The molecular weight excluding hydrogens is 350 g/mol. The third-order valence-corrected chi connectivity index (χ3v) is 4.05. The number of halogens is 1. The summed E-state index contributed by atoms with van der Waals surface area (Å²) in [5.74, 6) is 0. The van der Waals surface area contributed by atoms with Crippen LogP contribution in [-0.2, 0) is 6.54 Å². The summed E-state index contributed by atoms with van der Waals surface area (Å²) in [6.45, 7) is 0.727. The van der Waals surface area contributed by atoms with E-state index in [2.05, 4.69) is 44.0 Å². The predicted octanol–water partition coefficient (Wildman–Crippen LogP) is 5.05. The molecule has 4 heteroatoms. The summed E-state index contributed by atoms with van der Waals surface area (Å²) in [6, 6.07) is 22.0. The van der Waals surface area contributed by atoms with Gasteiger partial charge in [-0.05, 0) is 54.1 Å². The van der Waals surface area contributed by atoms with Crippen molar-refractivity contribution in [1.82, 2.24) is 4.98 Å². The van der Waals surface area contributed by atoms with Crippen LogP contribution in [0.15, 0.2) is 77.5 Å². The fourth-order valence-electron chi connectivity index (χ4n) is 2.33. The number of rotatable bonds is 4. The lowest BCUT2D eigenvalue weighted by Crippen LogP contribution is -2.16. The number of nitrogens with zero attached hydrogens (tertiary/aromatic N) is 3. The quantitative estimate of drug-likeness (QED) is 0.650. The Hall–Kier alpha value is -2.64. The van der Waals surface area contributed by atoms with E-state index in [4.69, 9.17) is 5.26 Å². The average Bonchev–Trinajstić information content (AvgIpc) is 2.62. The molecule has 0 bridgehead atoms. The molecular formula is C19H14BrN3. The molecule has 0 fully saturated rings. The third kappa shape index (κ3) is 3.77. The normalized spacial score (nSPS) is 10.1. The van der Waals surface area contributed by atoms with Crippen molar-refractivity contribution in [2.75, 3.05) is 4.90 Å². The van der Waals surface area contributed by atoms with Gasteiger partial charge in [0.05, 0.1) is 23.5 Å². The molecule has 0 N–H and O–H groups in total. The van der Waals surface area contributed by atoms with Crippen LogP contribution in [0.2, 0.25) is 0 Å². The van der Waals surface area contributed by atoms with Crippen molar-refractivity contribution in [3.05, 3.63) is 88.7 Å².